The number of nitrogens with zero attached hydrogens (tertiary/aromatic N) is 1. The Balaban J connectivity index is 2.64. The number of rotatable bonds is 1. The van der Waals surface area contributed by atoms with Crippen molar-refractivity contribution in [3.8, 4) is 0 Å². The van der Waals surface area contributed by atoms with E-state index in [1.54, 1.807) is 6.92 Å². The standard InChI is InChI=1S/C7H11F2NO/c1-2-6(11)10-5-3-4-7(10,8)9/h2-5H2,1H3. The Labute approximate surface area is 64.2 Å². The molecular weight excluding hydrogens is 152 g/mol. The lowest BCUT2D eigenvalue weighted by molar-refractivity contribution is -0.162. The minimum Gasteiger partial charge on any atom is -0.284 e. The molecule has 0 aromatic heterocycles. The summed E-state index contributed by atoms with van der Waals surface area (Å²) in [5.74, 6) is -0.451. The van der Waals surface area contributed by atoms with Gasteiger partial charge in [-0.05, 0) is 6.42 Å². The molecule has 1 amide bonds. The van der Waals surface area contributed by atoms with E-state index in [-0.39, 0.29) is 19.4 Å². The quantitative estimate of drug-likeness (QED) is 0.538. The second-order valence-electron chi connectivity index (χ2n) is 2.67. The fraction of sp³-hybridized carbons (Fsp3) is 0.857. The molecule has 0 atom stereocenters. The van der Waals surface area contributed by atoms with Crippen molar-refractivity contribution in [1.82, 2.24) is 4.90 Å². The molecule has 1 saturated heterocycles. The highest BCUT2D eigenvalue weighted by molar-refractivity contribution is 5.76. The van der Waals surface area contributed by atoms with Gasteiger partial charge in [0.05, 0.1) is 0 Å². The lowest BCUT2D eigenvalue weighted by Crippen LogP contribution is -2.40. The zero-order valence-corrected chi connectivity index (χ0v) is 6.44. The van der Waals surface area contributed by atoms with Gasteiger partial charge in [-0.15, -0.1) is 0 Å². The van der Waals surface area contributed by atoms with Gasteiger partial charge in [0.2, 0.25) is 5.91 Å². The number of hydrogen-bond donors (Lipinski definition) is 0. The summed E-state index contributed by atoms with van der Waals surface area (Å²) >= 11 is 0. The molecular formula is C7H11F2NO. The van der Waals surface area contributed by atoms with Crippen LogP contribution in [0, 0.1) is 0 Å². The Kier molecular flexibility index (Phi) is 2.11. The Morgan fingerprint density at radius 2 is 2.27 bits per heavy atom. The van der Waals surface area contributed by atoms with E-state index in [4.69, 9.17) is 0 Å². The highest BCUT2D eigenvalue weighted by atomic mass is 19.3. The SMILES string of the molecule is CCC(=O)N1CCCC1(F)F. The zero-order chi connectivity index (χ0) is 8.48. The average Bonchev–Trinajstić information content (AvgIpc) is 2.28. The second-order valence-corrected chi connectivity index (χ2v) is 2.67. The highest BCUT2D eigenvalue weighted by Crippen LogP contribution is 2.32. The van der Waals surface area contributed by atoms with Gasteiger partial charge in [-0.3, -0.25) is 9.69 Å². The third kappa shape index (κ3) is 1.49. The molecule has 4 heteroatoms. The highest BCUT2D eigenvalue weighted by Gasteiger charge is 2.43. The van der Waals surface area contributed by atoms with E-state index in [9.17, 15) is 13.6 Å². The van der Waals surface area contributed by atoms with Gasteiger partial charge in [0.1, 0.15) is 0 Å². The molecule has 1 aliphatic rings. The minimum absolute atomic E-state index is 0.162. The molecule has 11 heavy (non-hydrogen) atoms. The maximum Gasteiger partial charge on any atom is 0.327 e. The minimum atomic E-state index is -2.88. The summed E-state index contributed by atoms with van der Waals surface area (Å²) in [6, 6.07) is -2.88. The summed E-state index contributed by atoms with van der Waals surface area (Å²) in [4.78, 5) is 11.5. The van der Waals surface area contributed by atoms with Gasteiger partial charge >= 0.3 is 6.05 Å². The molecule has 0 radical (unpaired) electrons. The van der Waals surface area contributed by atoms with Gasteiger partial charge in [-0.25, -0.2) is 0 Å². The average molecular weight is 163 g/mol. The van der Waals surface area contributed by atoms with Crippen molar-refractivity contribution in [2.75, 3.05) is 6.54 Å². The van der Waals surface area contributed by atoms with Crippen molar-refractivity contribution >= 4 is 5.91 Å². The Morgan fingerprint density at radius 3 is 2.64 bits per heavy atom. The van der Waals surface area contributed by atoms with Gasteiger partial charge in [-0.2, -0.15) is 8.78 Å². The topological polar surface area (TPSA) is 20.3 Å². The van der Waals surface area contributed by atoms with Crippen LogP contribution >= 0.6 is 0 Å². The van der Waals surface area contributed by atoms with Gasteiger partial charge in [0.15, 0.2) is 0 Å². The molecule has 0 aromatic rings. The van der Waals surface area contributed by atoms with Crippen LogP contribution in [0.3, 0.4) is 0 Å². The van der Waals surface area contributed by atoms with Crippen molar-refractivity contribution in [2.24, 2.45) is 0 Å². The molecule has 0 bridgehead atoms. The number of halogens is 2. The maximum absolute atomic E-state index is 12.8. The molecule has 1 rings (SSSR count). The lowest BCUT2D eigenvalue weighted by atomic mass is 10.3. The largest absolute Gasteiger partial charge is 0.327 e. The van der Waals surface area contributed by atoms with E-state index in [0.717, 1.165) is 0 Å². The number of carbonyl (C=O) groups excluding carboxylic acids is 1. The molecule has 0 spiro atoms. The summed E-state index contributed by atoms with van der Waals surface area (Å²) in [6.07, 6.45) is 0.396. The normalized spacial score (nSPS) is 22.3. The number of likely N-dealkylation sites (tertiary alicyclic amines) is 1. The Morgan fingerprint density at radius 1 is 1.64 bits per heavy atom. The van der Waals surface area contributed by atoms with Crippen LogP contribution in [0.5, 0.6) is 0 Å². The van der Waals surface area contributed by atoms with Crippen LogP contribution in [-0.4, -0.2) is 23.4 Å². The van der Waals surface area contributed by atoms with E-state index in [1.807, 2.05) is 0 Å². The molecule has 0 N–H and O–H groups in total. The Hall–Kier alpha value is -0.670. The summed E-state index contributed by atoms with van der Waals surface area (Å²) in [5.41, 5.74) is 0. The number of carbonyl (C=O) groups is 1. The summed E-state index contributed by atoms with van der Waals surface area (Å²) < 4.78 is 25.5. The van der Waals surface area contributed by atoms with Crippen molar-refractivity contribution in [2.45, 2.75) is 32.2 Å². The molecule has 0 aliphatic carbocycles. The van der Waals surface area contributed by atoms with Crippen LogP contribution in [-0.2, 0) is 4.79 Å². The first-order valence-electron chi connectivity index (χ1n) is 3.76. The first kappa shape index (κ1) is 8.43. The lowest BCUT2D eigenvalue weighted by Gasteiger charge is -2.22. The molecule has 64 valence electrons. The third-order valence-corrected chi connectivity index (χ3v) is 1.86. The predicted octanol–water partition coefficient (Wildman–Crippen LogP) is 1.61. The molecule has 1 heterocycles. The summed E-state index contributed by atoms with van der Waals surface area (Å²) in [7, 11) is 0. The molecule has 0 aromatic carbocycles. The first-order valence-corrected chi connectivity index (χ1v) is 3.76. The predicted molar refractivity (Wildman–Crippen MR) is 36.2 cm³/mol. The first-order chi connectivity index (χ1) is 5.08. The zero-order valence-electron chi connectivity index (χ0n) is 6.44. The number of alkyl halides is 2. The third-order valence-electron chi connectivity index (χ3n) is 1.86. The van der Waals surface area contributed by atoms with Crippen molar-refractivity contribution < 1.29 is 13.6 Å². The number of amides is 1. The molecule has 0 saturated carbocycles. The van der Waals surface area contributed by atoms with Crippen LogP contribution in [0.2, 0.25) is 0 Å². The van der Waals surface area contributed by atoms with Gasteiger partial charge < -0.3 is 0 Å². The van der Waals surface area contributed by atoms with Crippen molar-refractivity contribution in [3.05, 3.63) is 0 Å². The van der Waals surface area contributed by atoms with Crippen LogP contribution in [0.25, 0.3) is 0 Å². The molecule has 0 unspecified atom stereocenters. The smallest absolute Gasteiger partial charge is 0.284 e. The second kappa shape index (κ2) is 2.75. The van der Waals surface area contributed by atoms with Crippen molar-refractivity contribution in [3.63, 3.8) is 0 Å². The molecule has 2 nitrogen and oxygen atoms in total. The van der Waals surface area contributed by atoms with E-state index in [0.29, 0.717) is 11.3 Å². The van der Waals surface area contributed by atoms with Gasteiger partial charge in [-0.1, -0.05) is 6.92 Å². The van der Waals surface area contributed by atoms with Gasteiger partial charge in [0.25, 0.3) is 0 Å². The summed E-state index contributed by atoms with van der Waals surface area (Å²) in [6.45, 7) is 1.80. The van der Waals surface area contributed by atoms with Crippen LogP contribution in [0.4, 0.5) is 8.78 Å². The Bertz CT molecular complexity index is 170. The monoisotopic (exact) mass is 163 g/mol. The summed E-state index contributed by atoms with van der Waals surface area (Å²) in [5, 5.41) is 0. The number of hydrogen-bond acceptors (Lipinski definition) is 1. The van der Waals surface area contributed by atoms with E-state index in [1.165, 1.54) is 0 Å². The van der Waals surface area contributed by atoms with E-state index in [2.05, 4.69) is 0 Å². The fourth-order valence-electron chi connectivity index (χ4n) is 1.25. The maximum atomic E-state index is 12.8. The van der Waals surface area contributed by atoms with Gasteiger partial charge in [0, 0.05) is 19.4 Å². The van der Waals surface area contributed by atoms with Crippen LogP contribution < -0.4 is 0 Å². The van der Waals surface area contributed by atoms with Crippen LogP contribution in [0.1, 0.15) is 26.2 Å². The molecule has 1 fully saturated rings. The molecule has 1 aliphatic heterocycles. The fourth-order valence-corrected chi connectivity index (χ4v) is 1.25. The van der Waals surface area contributed by atoms with E-state index < -0.39 is 12.0 Å². The van der Waals surface area contributed by atoms with Crippen LogP contribution in [0.15, 0.2) is 0 Å². The van der Waals surface area contributed by atoms with E-state index >= 15 is 0 Å². The van der Waals surface area contributed by atoms with Crippen molar-refractivity contribution in [1.29, 1.82) is 0 Å².